The van der Waals surface area contributed by atoms with E-state index in [1.54, 1.807) is 5.38 Å². The van der Waals surface area contributed by atoms with Crippen LogP contribution in [0, 0.1) is 0 Å². The van der Waals surface area contributed by atoms with Gasteiger partial charge in [-0.15, -0.1) is 11.3 Å². The van der Waals surface area contributed by atoms with Gasteiger partial charge in [0.25, 0.3) is 5.91 Å². The Morgan fingerprint density at radius 2 is 1.89 bits per heavy atom. The molecular formula is C20H25N3O4S. The number of nitrogens with zero attached hydrogens (tertiary/aromatic N) is 2. The summed E-state index contributed by atoms with van der Waals surface area (Å²) in [7, 11) is 1.49. The molecule has 0 bridgehead atoms. The largest absolute Gasteiger partial charge is 0.451 e. The zero-order valence-corrected chi connectivity index (χ0v) is 17.2. The molecule has 1 N–H and O–H groups in total. The summed E-state index contributed by atoms with van der Waals surface area (Å²) in [6, 6.07) is 7.99. The van der Waals surface area contributed by atoms with Crippen LogP contribution in [-0.4, -0.2) is 54.4 Å². The third-order valence-electron chi connectivity index (χ3n) is 4.03. The maximum atomic E-state index is 12.2. The number of ether oxygens (including phenoxy) is 1. The van der Waals surface area contributed by atoms with E-state index in [1.807, 2.05) is 31.2 Å². The molecule has 0 aliphatic carbocycles. The normalized spacial score (nSPS) is 10.4. The number of thiazole rings is 1. The van der Waals surface area contributed by atoms with Gasteiger partial charge in [-0.3, -0.25) is 9.59 Å². The standard InChI is InChI=1S/C20H25N3O4S/c1-4-10-21-17(24)11-23(3)18(25)12-27-20(26)16-13-28-19(22-16)15-8-6-14(5-2)7-9-15/h6-9,13H,4-5,10-12H2,1-3H3,(H,21,24). The summed E-state index contributed by atoms with van der Waals surface area (Å²) in [6.45, 7) is 4.07. The molecule has 2 amide bonds. The fraction of sp³-hybridized carbons (Fsp3) is 0.400. The van der Waals surface area contributed by atoms with Crippen molar-refractivity contribution in [2.24, 2.45) is 0 Å². The van der Waals surface area contributed by atoms with Crippen molar-refractivity contribution in [2.45, 2.75) is 26.7 Å². The van der Waals surface area contributed by atoms with Gasteiger partial charge < -0.3 is 15.0 Å². The zero-order chi connectivity index (χ0) is 20.5. The second-order valence-electron chi connectivity index (χ2n) is 6.26. The molecule has 1 aromatic carbocycles. The predicted octanol–water partition coefficient (Wildman–Crippen LogP) is 2.51. The summed E-state index contributed by atoms with van der Waals surface area (Å²) in [5.74, 6) is -1.36. The van der Waals surface area contributed by atoms with Crippen molar-refractivity contribution < 1.29 is 19.1 Å². The highest BCUT2D eigenvalue weighted by molar-refractivity contribution is 7.13. The van der Waals surface area contributed by atoms with E-state index in [0.29, 0.717) is 11.6 Å². The van der Waals surface area contributed by atoms with Crippen molar-refractivity contribution in [3.05, 3.63) is 40.9 Å². The van der Waals surface area contributed by atoms with Gasteiger partial charge in [-0.1, -0.05) is 38.1 Å². The van der Waals surface area contributed by atoms with Crippen LogP contribution in [0.4, 0.5) is 0 Å². The van der Waals surface area contributed by atoms with Crippen LogP contribution in [0.1, 0.15) is 36.3 Å². The third kappa shape index (κ3) is 6.16. The minimum absolute atomic E-state index is 0.0784. The summed E-state index contributed by atoms with van der Waals surface area (Å²) in [5.41, 5.74) is 2.32. The number of carbonyl (C=O) groups is 3. The summed E-state index contributed by atoms with van der Waals surface area (Å²) < 4.78 is 5.04. The minimum atomic E-state index is -0.662. The van der Waals surface area contributed by atoms with Gasteiger partial charge in [-0.05, 0) is 18.4 Å². The Bertz CT molecular complexity index is 817. The first-order chi connectivity index (χ1) is 13.4. The summed E-state index contributed by atoms with van der Waals surface area (Å²) >= 11 is 1.34. The van der Waals surface area contributed by atoms with E-state index < -0.39 is 18.5 Å². The Kier molecular flexibility index (Phi) is 8.13. The second-order valence-corrected chi connectivity index (χ2v) is 7.12. The van der Waals surface area contributed by atoms with Gasteiger partial charge in [-0.2, -0.15) is 0 Å². The topological polar surface area (TPSA) is 88.6 Å². The van der Waals surface area contributed by atoms with Gasteiger partial charge in [0.15, 0.2) is 12.3 Å². The first-order valence-corrected chi connectivity index (χ1v) is 10.0. The van der Waals surface area contributed by atoms with Crippen LogP contribution in [0.5, 0.6) is 0 Å². The molecule has 1 heterocycles. The lowest BCUT2D eigenvalue weighted by atomic mass is 10.1. The Hall–Kier alpha value is -2.74. The van der Waals surface area contributed by atoms with Crippen molar-refractivity contribution in [3.63, 3.8) is 0 Å². The quantitative estimate of drug-likeness (QED) is 0.650. The van der Waals surface area contributed by atoms with E-state index in [-0.39, 0.29) is 18.1 Å². The highest BCUT2D eigenvalue weighted by Gasteiger charge is 2.18. The lowest BCUT2D eigenvalue weighted by Gasteiger charge is -2.16. The van der Waals surface area contributed by atoms with Crippen LogP contribution in [0.3, 0.4) is 0 Å². The molecule has 2 rings (SSSR count). The smallest absolute Gasteiger partial charge is 0.358 e. The molecule has 0 atom stereocenters. The lowest BCUT2D eigenvalue weighted by molar-refractivity contribution is -0.137. The number of likely N-dealkylation sites (N-methyl/N-ethyl adjacent to an activating group) is 1. The maximum Gasteiger partial charge on any atom is 0.358 e. The third-order valence-corrected chi connectivity index (χ3v) is 4.92. The van der Waals surface area contributed by atoms with Gasteiger partial charge in [0, 0.05) is 24.5 Å². The average Bonchev–Trinajstić information content (AvgIpc) is 3.20. The van der Waals surface area contributed by atoms with E-state index in [2.05, 4.69) is 17.2 Å². The SMILES string of the molecule is CCCNC(=O)CN(C)C(=O)COC(=O)c1csc(-c2ccc(CC)cc2)n1. The van der Waals surface area contributed by atoms with Crippen LogP contribution >= 0.6 is 11.3 Å². The van der Waals surface area contributed by atoms with Gasteiger partial charge in [0.1, 0.15) is 5.01 Å². The molecule has 0 aliphatic rings. The van der Waals surface area contributed by atoms with Crippen LogP contribution < -0.4 is 5.32 Å². The van der Waals surface area contributed by atoms with Gasteiger partial charge in [0.2, 0.25) is 5.91 Å². The molecule has 0 aliphatic heterocycles. The van der Waals surface area contributed by atoms with Crippen LogP contribution in [-0.2, 0) is 20.7 Å². The first-order valence-electron chi connectivity index (χ1n) is 9.17. The number of hydrogen-bond donors (Lipinski definition) is 1. The van der Waals surface area contributed by atoms with Gasteiger partial charge in [0.05, 0.1) is 6.54 Å². The molecule has 0 radical (unpaired) electrons. The highest BCUT2D eigenvalue weighted by atomic mass is 32.1. The molecule has 0 saturated carbocycles. The average molecular weight is 404 g/mol. The highest BCUT2D eigenvalue weighted by Crippen LogP contribution is 2.24. The predicted molar refractivity (Wildman–Crippen MR) is 108 cm³/mol. The number of benzene rings is 1. The molecule has 150 valence electrons. The van der Waals surface area contributed by atoms with Crippen LogP contribution in [0.15, 0.2) is 29.6 Å². The zero-order valence-electron chi connectivity index (χ0n) is 16.4. The Morgan fingerprint density at radius 1 is 1.18 bits per heavy atom. The summed E-state index contributed by atoms with van der Waals surface area (Å²) in [6.07, 6.45) is 1.78. The van der Waals surface area contributed by atoms with E-state index in [0.717, 1.165) is 18.4 Å². The fourth-order valence-corrected chi connectivity index (χ4v) is 3.11. The number of hydrogen-bond acceptors (Lipinski definition) is 6. The lowest BCUT2D eigenvalue weighted by Crippen LogP contribution is -2.40. The number of esters is 1. The summed E-state index contributed by atoms with van der Waals surface area (Å²) in [4.78, 5) is 41.3. The molecular weight excluding hydrogens is 378 g/mol. The molecule has 8 heteroatoms. The maximum absolute atomic E-state index is 12.2. The van der Waals surface area contributed by atoms with Crippen molar-refractivity contribution >= 4 is 29.1 Å². The number of carbonyl (C=O) groups excluding carboxylic acids is 3. The number of aryl methyl sites for hydroxylation is 1. The Labute approximate surface area is 168 Å². The summed E-state index contributed by atoms with van der Waals surface area (Å²) in [5, 5.41) is 5.01. The number of nitrogens with one attached hydrogen (secondary N) is 1. The van der Waals surface area contributed by atoms with Crippen molar-refractivity contribution in [2.75, 3.05) is 26.7 Å². The Morgan fingerprint density at radius 3 is 2.54 bits per heavy atom. The fourth-order valence-electron chi connectivity index (χ4n) is 2.32. The van der Waals surface area contributed by atoms with Crippen molar-refractivity contribution in [3.8, 4) is 10.6 Å². The van der Waals surface area contributed by atoms with Gasteiger partial charge in [-0.25, -0.2) is 9.78 Å². The number of amides is 2. The minimum Gasteiger partial charge on any atom is -0.451 e. The van der Waals surface area contributed by atoms with E-state index in [9.17, 15) is 14.4 Å². The molecule has 0 saturated heterocycles. The van der Waals surface area contributed by atoms with Gasteiger partial charge >= 0.3 is 5.97 Å². The van der Waals surface area contributed by atoms with Crippen LogP contribution in [0.2, 0.25) is 0 Å². The van der Waals surface area contributed by atoms with E-state index in [4.69, 9.17) is 4.74 Å². The number of aromatic nitrogens is 1. The Balaban J connectivity index is 1.86. The molecule has 0 unspecified atom stereocenters. The van der Waals surface area contributed by atoms with Crippen LogP contribution in [0.25, 0.3) is 10.6 Å². The molecule has 0 fully saturated rings. The van der Waals surface area contributed by atoms with Crippen molar-refractivity contribution in [1.82, 2.24) is 15.2 Å². The first kappa shape index (κ1) is 21.6. The van der Waals surface area contributed by atoms with E-state index >= 15 is 0 Å². The molecule has 7 nitrogen and oxygen atoms in total. The van der Waals surface area contributed by atoms with Crippen molar-refractivity contribution in [1.29, 1.82) is 0 Å². The monoisotopic (exact) mass is 403 g/mol. The second kappa shape index (κ2) is 10.6. The molecule has 0 spiro atoms. The molecule has 2 aromatic rings. The molecule has 1 aromatic heterocycles. The molecule has 28 heavy (non-hydrogen) atoms. The number of rotatable bonds is 9. The van der Waals surface area contributed by atoms with E-state index in [1.165, 1.54) is 28.8 Å².